The lowest BCUT2D eigenvalue weighted by molar-refractivity contribution is -0.136. The highest BCUT2D eigenvalue weighted by Crippen LogP contribution is 2.24. The molecule has 0 aromatic carbocycles. The number of amides is 1. The Hall–Kier alpha value is -0.860. The summed E-state index contributed by atoms with van der Waals surface area (Å²) in [4.78, 5) is 24.7. The van der Waals surface area contributed by atoms with Crippen LogP contribution in [0, 0.1) is 0 Å². The fourth-order valence-electron chi connectivity index (χ4n) is 2.32. The second-order valence-electron chi connectivity index (χ2n) is 3.98. The van der Waals surface area contributed by atoms with Gasteiger partial charge in [-0.05, 0) is 19.3 Å². The Kier molecular flexibility index (Phi) is 2.34. The Morgan fingerprint density at radius 2 is 2.00 bits per heavy atom. The second kappa shape index (κ2) is 3.48. The van der Waals surface area contributed by atoms with Crippen molar-refractivity contribution in [3.8, 4) is 0 Å². The summed E-state index contributed by atoms with van der Waals surface area (Å²) >= 11 is 0. The lowest BCUT2D eigenvalue weighted by Crippen LogP contribution is -2.43. The zero-order valence-electron chi connectivity index (χ0n) is 7.79. The van der Waals surface area contributed by atoms with Crippen LogP contribution in [0.3, 0.4) is 0 Å². The van der Waals surface area contributed by atoms with E-state index in [1.165, 1.54) is 0 Å². The minimum atomic E-state index is 0.233. The third kappa shape index (κ3) is 1.74. The summed E-state index contributed by atoms with van der Waals surface area (Å²) in [5.74, 6) is 0.591. The van der Waals surface area contributed by atoms with Crippen LogP contribution in [-0.2, 0) is 9.59 Å². The van der Waals surface area contributed by atoms with Gasteiger partial charge in [0.05, 0.1) is 0 Å². The number of rotatable bonds is 0. The maximum atomic E-state index is 11.5. The van der Waals surface area contributed by atoms with Crippen molar-refractivity contribution in [2.45, 2.75) is 44.6 Å². The molecular formula is C10H15NO2. The third-order valence-electron chi connectivity index (χ3n) is 3.01. The molecule has 0 N–H and O–H groups in total. The van der Waals surface area contributed by atoms with Gasteiger partial charge in [-0.2, -0.15) is 0 Å². The molecule has 3 nitrogen and oxygen atoms in total. The highest BCUT2D eigenvalue weighted by Gasteiger charge is 2.31. The zero-order chi connectivity index (χ0) is 9.26. The van der Waals surface area contributed by atoms with E-state index >= 15 is 0 Å². The number of nitrogens with zero attached hydrogens (tertiary/aromatic N) is 1. The number of ketones is 1. The SMILES string of the molecule is O=C1CCCN2C(=O)CCCC2C1. The second-order valence-corrected chi connectivity index (χ2v) is 3.98. The number of carbonyl (C=O) groups excluding carboxylic acids is 2. The van der Waals surface area contributed by atoms with Crippen LogP contribution < -0.4 is 0 Å². The van der Waals surface area contributed by atoms with Gasteiger partial charge in [0, 0.05) is 31.8 Å². The summed E-state index contributed by atoms with van der Waals surface area (Å²) in [5, 5.41) is 0. The van der Waals surface area contributed by atoms with Crippen molar-refractivity contribution in [3.05, 3.63) is 0 Å². The van der Waals surface area contributed by atoms with E-state index < -0.39 is 0 Å². The molecule has 1 amide bonds. The summed E-state index contributed by atoms with van der Waals surface area (Å²) in [6.07, 6.45) is 4.81. The van der Waals surface area contributed by atoms with E-state index in [1.54, 1.807) is 0 Å². The van der Waals surface area contributed by atoms with Crippen LogP contribution in [0.1, 0.15) is 38.5 Å². The maximum absolute atomic E-state index is 11.5. The summed E-state index contributed by atoms with van der Waals surface area (Å²) in [7, 11) is 0. The first-order valence-electron chi connectivity index (χ1n) is 5.08. The van der Waals surface area contributed by atoms with Gasteiger partial charge in [0.15, 0.2) is 0 Å². The molecular weight excluding hydrogens is 166 g/mol. The molecule has 2 rings (SSSR count). The molecule has 0 spiro atoms. The molecule has 0 aromatic heterocycles. The van der Waals surface area contributed by atoms with Crippen LogP contribution in [0.25, 0.3) is 0 Å². The number of piperidine rings is 1. The van der Waals surface area contributed by atoms with Gasteiger partial charge in [0.25, 0.3) is 0 Å². The smallest absolute Gasteiger partial charge is 0.222 e. The van der Waals surface area contributed by atoms with E-state index in [1.807, 2.05) is 4.90 Å². The van der Waals surface area contributed by atoms with Crippen LogP contribution in [-0.4, -0.2) is 29.2 Å². The van der Waals surface area contributed by atoms with Crippen molar-refractivity contribution in [2.24, 2.45) is 0 Å². The minimum absolute atomic E-state index is 0.233. The maximum Gasteiger partial charge on any atom is 0.222 e. The fourth-order valence-corrected chi connectivity index (χ4v) is 2.32. The van der Waals surface area contributed by atoms with Gasteiger partial charge < -0.3 is 4.90 Å². The summed E-state index contributed by atoms with van der Waals surface area (Å²) in [5.41, 5.74) is 0. The van der Waals surface area contributed by atoms with Gasteiger partial charge in [-0.3, -0.25) is 9.59 Å². The van der Waals surface area contributed by atoms with Gasteiger partial charge in [-0.25, -0.2) is 0 Å². The van der Waals surface area contributed by atoms with Gasteiger partial charge >= 0.3 is 0 Å². The van der Waals surface area contributed by atoms with E-state index in [4.69, 9.17) is 0 Å². The number of hydrogen-bond acceptors (Lipinski definition) is 2. The normalized spacial score (nSPS) is 29.8. The molecule has 2 saturated heterocycles. The van der Waals surface area contributed by atoms with Crippen molar-refractivity contribution >= 4 is 11.7 Å². The molecule has 0 bridgehead atoms. The van der Waals surface area contributed by atoms with Gasteiger partial charge in [0.2, 0.25) is 5.91 Å². The largest absolute Gasteiger partial charge is 0.339 e. The van der Waals surface area contributed by atoms with Crippen LogP contribution in [0.5, 0.6) is 0 Å². The van der Waals surface area contributed by atoms with Gasteiger partial charge in [0.1, 0.15) is 5.78 Å². The predicted molar refractivity (Wildman–Crippen MR) is 48.2 cm³/mol. The molecule has 1 atom stereocenters. The summed E-state index contributed by atoms with van der Waals surface area (Å²) in [6, 6.07) is 0.233. The minimum Gasteiger partial charge on any atom is -0.339 e. The number of Topliss-reactive ketones (excluding diaryl/α,β-unsaturated/α-hetero) is 1. The van der Waals surface area contributed by atoms with Crippen molar-refractivity contribution in [2.75, 3.05) is 6.54 Å². The standard InChI is InChI=1S/C10H15NO2/c12-9-4-2-6-11-8(7-9)3-1-5-10(11)13/h8H,1-7H2. The Morgan fingerprint density at radius 1 is 1.15 bits per heavy atom. The molecule has 3 heteroatoms. The Bertz CT molecular complexity index is 237. The first kappa shape index (κ1) is 8.73. The first-order chi connectivity index (χ1) is 6.27. The van der Waals surface area contributed by atoms with E-state index in [2.05, 4.69) is 0 Å². The van der Waals surface area contributed by atoms with E-state index in [9.17, 15) is 9.59 Å². The first-order valence-corrected chi connectivity index (χ1v) is 5.08. The van der Waals surface area contributed by atoms with Gasteiger partial charge in [-0.1, -0.05) is 0 Å². The molecule has 0 saturated carbocycles. The van der Waals surface area contributed by atoms with E-state index in [-0.39, 0.29) is 11.9 Å². The molecule has 2 fully saturated rings. The molecule has 0 radical (unpaired) electrons. The average Bonchev–Trinajstić information content (AvgIpc) is 2.27. The number of hydrogen-bond donors (Lipinski definition) is 0. The third-order valence-corrected chi connectivity index (χ3v) is 3.01. The number of carbonyl (C=O) groups is 2. The lowest BCUT2D eigenvalue weighted by Gasteiger charge is -2.33. The van der Waals surface area contributed by atoms with Crippen LogP contribution >= 0.6 is 0 Å². The topological polar surface area (TPSA) is 37.4 Å². The van der Waals surface area contributed by atoms with Gasteiger partial charge in [-0.15, -0.1) is 0 Å². The Morgan fingerprint density at radius 3 is 2.85 bits per heavy atom. The van der Waals surface area contributed by atoms with Crippen molar-refractivity contribution in [1.82, 2.24) is 4.90 Å². The van der Waals surface area contributed by atoms with E-state index in [0.29, 0.717) is 25.0 Å². The average molecular weight is 181 g/mol. The summed E-state index contributed by atoms with van der Waals surface area (Å²) in [6.45, 7) is 0.801. The molecule has 1 unspecified atom stereocenters. The Balaban J connectivity index is 2.11. The van der Waals surface area contributed by atoms with Crippen molar-refractivity contribution in [1.29, 1.82) is 0 Å². The molecule has 2 aliphatic rings. The van der Waals surface area contributed by atoms with Crippen LogP contribution in [0.4, 0.5) is 0 Å². The molecule has 72 valence electrons. The predicted octanol–water partition coefficient (Wildman–Crippen LogP) is 1.12. The molecule has 2 aliphatic heterocycles. The van der Waals surface area contributed by atoms with Crippen molar-refractivity contribution in [3.63, 3.8) is 0 Å². The van der Waals surface area contributed by atoms with Crippen molar-refractivity contribution < 1.29 is 9.59 Å². The molecule has 0 aromatic rings. The highest BCUT2D eigenvalue weighted by molar-refractivity contribution is 5.82. The van der Waals surface area contributed by atoms with Crippen LogP contribution in [0.2, 0.25) is 0 Å². The molecule has 13 heavy (non-hydrogen) atoms. The lowest BCUT2D eigenvalue weighted by atomic mass is 9.98. The van der Waals surface area contributed by atoms with E-state index in [0.717, 1.165) is 25.8 Å². The summed E-state index contributed by atoms with van der Waals surface area (Å²) < 4.78 is 0. The zero-order valence-corrected chi connectivity index (χ0v) is 7.79. The number of fused-ring (bicyclic) bond motifs is 1. The molecule has 2 heterocycles. The Labute approximate surface area is 78.1 Å². The fraction of sp³-hybridized carbons (Fsp3) is 0.800. The monoisotopic (exact) mass is 181 g/mol. The highest BCUT2D eigenvalue weighted by atomic mass is 16.2. The quantitative estimate of drug-likeness (QED) is 0.561. The van der Waals surface area contributed by atoms with Crippen LogP contribution in [0.15, 0.2) is 0 Å². The molecule has 0 aliphatic carbocycles.